The summed E-state index contributed by atoms with van der Waals surface area (Å²) in [4.78, 5) is 95.7. The molecule has 4 amide bonds. The third-order valence-corrected chi connectivity index (χ3v) is 9.20. The van der Waals surface area contributed by atoms with E-state index in [1.54, 1.807) is 0 Å². The highest BCUT2D eigenvalue weighted by atomic mass is 32.2. The van der Waals surface area contributed by atoms with Crippen LogP contribution in [0, 0.1) is 0 Å². The Morgan fingerprint density at radius 1 is 0.717 bits per heavy atom. The molecule has 16 nitrogen and oxygen atoms in total. The fourth-order valence-corrected chi connectivity index (χ4v) is 6.37. The van der Waals surface area contributed by atoms with E-state index < -0.39 is 72.7 Å². The number of hydrogen-bond donors (Lipinski definition) is 7. The number of nitrogens with one attached hydrogen (secondary N) is 4. The molecule has 2 aromatic rings. The summed E-state index contributed by atoms with van der Waals surface area (Å²) in [5.74, 6) is -6.58. The predicted octanol–water partition coefficient (Wildman–Crippen LogP) is 2.63. The number of benzene rings is 2. The molecule has 0 aliphatic heterocycles. The molecule has 3 rings (SSSR count). The third kappa shape index (κ3) is 13.9. The Hall–Kier alpha value is -5.45. The number of amides is 4. The summed E-state index contributed by atoms with van der Waals surface area (Å²) in [7, 11) is 0. The summed E-state index contributed by atoms with van der Waals surface area (Å²) in [6.45, 7) is 1.72. The molecule has 0 fully saturated rings. The van der Waals surface area contributed by atoms with Crippen molar-refractivity contribution in [1.29, 1.82) is 0 Å². The van der Waals surface area contributed by atoms with Gasteiger partial charge in [-0.2, -0.15) is 0 Å². The fourth-order valence-electron chi connectivity index (χ4n) is 5.77. The first-order valence-corrected chi connectivity index (χ1v) is 18.0. The van der Waals surface area contributed by atoms with Gasteiger partial charge in [-0.15, -0.1) is 0 Å². The van der Waals surface area contributed by atoms with Gasteiger partial charge in [-0.05, 0) is 47.9 Å². The molecule has 7 N–H and O–H groups in total. The summed E-state index contributed by atoms with van der Waals surface area (Å²) in [6, 6.07) is 11.4. The molecule has 1 aliphatic carbocycles. The van der Waals surface area contributed by atoms with Gasteiger partial charge in [0.15, 0.2) is 5.12 Å². The zero-order valence-electron chi connectivity index (χ0n) is 29.1. The topological polar surface area (TPSA) is 255 Å². The lowest BCUT2D eigenvalue weighted by atomic mass is 9.98. The Labute approximate surface area is 309 Å². The summed E-state index contributed by atoms with van der Waals surface area (Å²) >= 11 is 1.12. The van der Waals surface area contributed by atoms with Crippen molar-refractivity contribution in [3.8, 4) is 11.1 Å². The first-order valence-electron chi connectivity index (χ1n) is 17.1. The molecule has 0 spiro atoms. The molecule has 0 bridgehead atoms. The first-order chi connectivity index (χ1) is 25.3. The van der Waals surface area contributed by atoms with E-state index in [0.717, 1.165) is 34.0 Å². The lowest BCUT2D eigenvalue weighted by molar-refractivity contribution is -0.148. The van der Waals surface area contributed by atoms with Gasteiger partial charge in [0.2, 0.25) is 17.7 Å². The molecule has 3 unspecified atom stereocenters. The van der Waals surface area contributed by atoms with Crippen LogP contribution in [0.5, 0.6) is 0 Å². The highest BCUT2D eigenvalue weighted by molar-refractivity contribution is 8.13. The number of hydrogen-bond acceptors (Lipinski definition) is 10. The van der Waals surface area contributed by atoms with Crippen molar-refractivity contribution in [3.63, 3.8) is 0 Å². The molecule has 2 aromatic carbocycles. The van der Waals surface area contributed by atoms with Crippen LogP contribution >= 0.6 is 11.8 Å². The zero-order valence-corrected chi connectivity index (χ0v) is 29.9. The van der Waals surface area contributed by atoms with E-state index in [1.165, 1.54) is 6.92 Å². The Bertz CT molecular complexity index is 1620. The van der Waals surface area contributed by atoms with Gasteiger partial charge >= 0.3 is 24.0 Å². The maximum atomic E-state index is 13.1. The van der Waals surface area contributed by atoms with Gasteiger partial charge in [0.25, 0.3) is 0 Å². The average molecular weight is 757 g/mol. The molecule has 0 saturated carbocycles. The number of thioether (sulfide) groups is 1. The van der Waals surface area contributed by atoms with Gasteiger partial charge in [-0.3, -0.25) is 28.8 Å². The Morgan fingerprint density at radius 3 is 1.91 bits per heavy atom. The minimum atomic E-state index is -1.82. The van der Waals surface area contributed by atoms with Crippen molar-refractivity contribution in [2.24, 2.45) is 0 Å². The maximum absolute atomic E-state index is 13.1. The van der Waals surface area contributed by atoms with E-state index in [-0.39, 0.29) is 37.0 Å². The number of carboxylic acids is 3. The summed E-state index contributed by atoms with van der Waals surface area (Å²) in [6.07, 6.45) is -0.776. The van der Waals surface area contributed by atoms with E-state index in [2.05, 4.69) is 16.0 Å². The number of fused-ring (bicyclic) bond motifs is 3. The summed E-state index contributed by atoms with van der Waals surface area (Å²) in [5.41, 5.74) is 4.24. The second kappa shape index (κ2) is 21.2. The van der Waals surface area contributed by atoms with Gasteiger partial charge in [-0.1, -0.05) is 66.7 Å². The molecule has 286 valence electrons. The molecule has 0 radical (unpaired) electrons. The van der Waals surface area contributed by atoms with E-state index >= 15 is 0 Å². The monoisotopic (exact) mass is 756 g/mol. The van der Waals surface area contributed by atoms with Crippen molar-refractivity contribution in [2.45, 2.75) is 82.3 Å². The van der Waals surface area contributed by atoms with Gasteiger partial charge in [0.05, 0.1) is 12.8 Å². The van der Waals surface area contributed by atoms with Crippen LogP contribution in [0.2, 0.25) is 0 Å². The van der Waals surface area contributed by atoms with E-state index in [4.69, 9.17) is 20.1 Å². The largest absolute Gasteiger partial charge is 0.481 e. The highest BCUT2D eigenvalue weighted by Crippen LogP contribution is 2.44. The number of carbonyl (C=O) groups is 8. The molecule has 0 aromatic heterocycles. The number of unbranched alkanes of at least 4 members (excludes halogenated alkanes) is 2. The number of alkyl carbamates (subject to hydrolysis) is 1. The van der Waals surface area contributed by atoms with Crippen LogP contribution < -0.4 is 21.3 Å². The third-order valence-electron chi connectivity index (χ3n) is 8.30. The summed E-state index contributed by atoms with van der Waals surface area (Å²) in [5, 5.41) is 36.7. The van der Waals surface area contributed by atoms with Crippen LogP contribution in [-0.2, 0) is 38.3 Å². The van der Waals surface area contributed by atoms with Crippen LogP contribution in [0.3, 0.4) is 0 Å². The lowest BCUT2D eigenvalue weighted by Gasteiger charge is -2.20. The highest BCUT2D eigenvalue weighted by Gasteiger charge is 2.31. The van der Waals surface area contributed by atoms with Crippen LogP contribution in [0.25, 0.3) is 11.1 Å². The summed E-state index contributed by atoms with van der Waals surface area (Å²) < 4.78 is 5.62. The minimum Gasteiger partial charge on any atom is -0.481 e. The van der Waals surface area contributed by atoms with Gasteiger partial charge < -0.3 is 41.3 Å². The van der Waals surface area contributed by atoms with Gasteiger partial charge in [0.1, 0.15) is 24.7 Å². The number of carbonyl (C=O) groups excluding carboxylic acids is 5. The predicted molar refractivity (Wildman–Crippen MR) is 192 cm³/mol. The first kappa shape index (κ1) is 42.0. The van der Waals surface area contributed by atoms with Gasteiger partial charge in [0, 0.05) is 31.6 Å². The van der Waals surface area contributed by atoms with Crippen LogP contribution in [0.1, 0.15) is 75.3 Å². The van der Waals surface area contributed by atoms with Gasteiger partial charge in [-0.25, -0.2) is 9.59 Å². The van der Waals surface area contributed by atoms with E-state index in [1.807, 2.05) is 53.8 Å². The van der Waals surface area contributed by atoms with Crippen LogP contribution in [0.4, 0.5) is 4.79 Å². The molecular weight excluding hydrogens is 712 g/mol. The lowest BCUT2D eigenvalue weighted by Crippen LogP contribution is -2.52. The molecule has 0 heterocycles. The molecule has 53 heavy (non-hydrogen) atoms. The SMILES string of the molecule is CC(=O)SCCCC(NC(=O)OCC1c2ccccc2-c2ccccc21)C(=O)NCCCCCC(=O)NC(CC(=O)O)C(=O)NC(CC(=O)O)C(=O)O. The number of ether oxygens (including phenoxy) is 1. The maximum Gasteiger partial charge on any atom is 0.407 e. The Morgan fingerprint density at radius 2 is 1.32 bits per heavy atom. The van der Waals surface area contributed by atoms with Crippen molar-refractivity contribution < 1.29 is 58.4 Å². The second-order valence-electron chi connectivity index (χ2n) is 12.3. The second-order valence-corrected chi connectivity index (χ2v) is 13.6. The van der Waals surface area contributed by atoms with Crippen molar-refractivity contribution in [3.05, 3.63) is 59.7 Å². The van der Waals surface area contributed by atoms with Crippen LogP contribution in [-0.4, -0.2) is 99.2 Å². The molecule has 17 heteroatoms. The minimum absolute atomic E-state index is 0.0626. The molecule has 1 aliphatic rings. The Kier molecular flexibility index (Phi) is 16.8. The number of carboxylic acid groups (broad SMARTS) is 3. The molecule has 3 atom stereocenters. The average Bonchev–Trinajstić information content (AvgIpc) is 3.42. The quantitative estimate of drug-likeness (QED) is 0.0855. The zero-order chi connectivity index (χ0) is 38.9. The fraction of sp³-hybridized carbons (Fsp3) is 0.444. The normalized spacial score (nSPS) is 13.3. The number of aliphatic carboxylic acids is 3. The van der Waals surface area contributed by atoms with Crippen LogP contribution in [0.15, 0.2) is 48.5 Å². The molecule has 0 saturated heterocycles. The number of rotatable bonds is 22. The Balaban J connectivity index is 1.46. The van der Waals surface area contributed by atoms with Crippen molar-refractivity contribution in [2.75, 3.05) is 18.9 Å². The standard InChI is InChI=1S/C36H44N4O12S/c1-21(41)53-17-9-14-27(40-36(51)52-20-26-24-12-6-4-10-22(24)23-11-5-7-13-25(23)26)33(47)37-16-8-2-3-15-30(42)38-28(18-31(43)44)34(48)39-29(35(49)50)19-32(45)46/h4-7,10-13,26-29H,2-3,8-9,14-20H2,1H3,(H,37,47)(H,38,42)(H,39,48)(H,40,51)(H,43,44)(H,45,46)(H,49,50). The smallest absolute Gasteiger partial charge is 0.407 e. The van der Waals surface area contributed by atoms with Crippen molar-refractivity contribution >= 4 is 58.6 Å². The van der Waals surface area contributed by atoms with Crippen molar-refractivity contribution in [1.82, 2.24) is 21.3 Å². The van der Waals surface area contributed by atoms with E-state index in [0.29, 0.717) is 31.4 Å². The molecular formula is C36H44N4O12S. The van der Waals surface area contributed by atoms with E-state index in [9.17, 15) is 38.4 Å².